The van der Waals surface area contributed by atoms with Gasteiger partial charge in [0.2, 0.25) is 0 Å². The molecular formula is C52H30N2OS2. The molecule has 0 saturated heterocycles. The predicted octanol–water partition coefficient (Wildman–Crippen LogP) is 15.4. The van der Waals surface area contributed by atoms with E-state index in [4.69, 9.17) is 14.4 Å². The molecule has 0 unspecified atom stereocenters. The van der Waals surface area contributed by atoms with Gasteiger partial charge in [-0.2, -0.15) is 0 Å². The van der Waals surface area contributed by atoms with Crippen LogP contribution < -0.4 is 0 Å². The van der Waals surface area contributed by atoms with Gasteiger partial charge in [0.05, 0.1) is 0 Å². The Balaban J connectivity index is 0.906. The van der Waals surface area contributed by atoms with Crippen LogP contribution in [0.2, 0.25) is 0 Å². The molecule has 4 aromatic heterocycles. The Labute approximate surface area is 335 Å². The summed E-state index contributed by atoms with van der Waals surface area (Å²) in [5.41, 5.74) is 13.5. The number of aromatic nitrogens is 2. The van der Waals surface area contributed by atoms with Crippen molar-refractivity contribution in [1.29, 1.82) is 0 Å². The Kier molecular flexibility index (Phi) is 7.27. The van der Waals surface area contributed by atoms with Crippen molar-refractivity contribution in [2.45, 2.75) is 0 Å². The van der Waals surface area contributed by atoms with E-state index in [9.17, 15) is 0 Å². The number of thiophene rings is 2. The zero-order valence-corrected chi connectivity index (χ0v) is 32.1. The van der Waals surface area contributed by atoms with Crippen LogP contribution in [0.3, 0.4) is 0 Å². The van der Waals surface area contributed by atoms with Gasteiger partial charge in [0.1, 0.15) is 23.1 Å². The summed E-state index contributed by atoms with van der Waals surface area (Å²) in [6, 6.07) is 63.4. The van der Waals surface area contributed by atoms with Crippen LogP contribution in [-0.2, 0) is 0 Å². The molecule has 12 aromatic rings. The maximum absolute atomic E-state index is 6.56. The van der Waals surface area contributed by atoms with Crippen LogP contribution in [0.15, 0.2) is 187 Å². The van der Waals surface area contributed by atoms with Crippen LogP contribution in [0, 0.1) is 0 Å². The van der Waals surface area contributed by atoms with E-state index in [0.717, 1.165) is 44.4 Å². The van der Waals surface area contributed by atoms with Gasteiger partial charge >= 0.3 is 0 Å². The zero-order chi connectivity index (χ0) is 37.5. The zero-order valence-electron chi connectivity index (χ0n) is 30.4. The van der Waals surface area contributed by atoms with Crippen molar-refractivity contribution in [2.75, 3.05) is 0 Å². The quantitative estimate of drug-likeness (QED) is 0.175. The summed E-state index contributed by atoms with van der Waals surface area (Å²) >= 11 is 3.71. The molecule has 0 aliphatic heterocycles. The van der Waals surface area contributed by atoms with Crippen LogP contribution in [0.25, 0.3) is 118 Å². The first kappa shape index (κ1) is 32.3. The largest absolute Gasteiger partial charge is 0.452 e. The van der Waals surface area contributed by atoms with Crippen molar-refractivity contribution in [3.05, 3.63) is 182 Å². The molecule has 5 heteroatoms. The molecule has 0 bridgehead atoms. The molecule has 0 amide bonds. The Morgan fingerprint density at radius 2 is 0.860 bits per heavy atom. The van der Waals surface area contributed by atoms with Crippen molar-refractivity contribution < 1.29 is 4.42 Å². The minimum absolute atomic E-state index is 0.695. The lowest BCUT2D eigenvalue weighted by Crippen LogP contribution is -1.88. The topological polar surface area (TPSA) is 38.9 Å². The monoisotopic (exact) mass is 762 g/mol. The van der Waals surface area contributed by atoms with Gasteiger partial charge in [-0.3, -0.25) is 0 Å². The molecule has 0 radical (unpaired) electrons. The molecule has 0 N–H and O–H groups in total. The summed E-state index contributed by atoms with van der Waals surface area (Å²) < 4.78 is 11.8. The van der Waals surface area contributed by atoms with Crippen molar-refractivity contribution in [3.63, 3.8) is 0 Å². The number of hydrogen-bond acceptors (Lipinski definition) is 5. The van der Waals surface area contributed by atoms with Gasteiger partial charge in [0.25, 0.3) is 0 Å². The Hall–Kier alpha value is -6.92. The highest BCUT2D eigenvalue weighted by Crippen LogP contribution is 2.43. The number of nitrogens with zero attached hydrogens (tertiary/aromatic N) is 2. The maximum Gasteiger partial charge on any atom is 0.180 e. The van der Waals surface area contributed by atoms with Gasteiger partial charge in [-0.05, 0) is 87.0 Å². The average molecular weight is 763 g/mol. The summed E-state index contributed by atoms with van der Waals surface area (Å²) in [6.45, 7) is 0. The van der Waals surface area contributed by atoms with E-state index >= 15 is 0 Å². The summed E-state index contributed by atoms with van der Waals surface area (Å²) in [5.74, 6) is 0. The summed E-state index contributed by atoms with van der Waals surface area (Å²) in [7, 11) is 0. The van der Waals surface area contributed by atoms with Gasteiger partial charge < -0.3 is 4.42 Å². The highest BCUT2D eigenvalue weighted by Gasteiger charge is 2.18. The lowest BCUT2D eigenvalue weighted by Gasteiger charge is -2.10. The second-order valence-electron chi connectivity index (χ2n) is 14.5. The second kappa shape index (κ2) is 12.8. The molecule has 57 heavy (non-hydrogen) atoms. The standard InChI is InChI=1S/C52H30N2OS2/c1-3-22-46-40(16-1)42-20-8-18-38(51(42)56-46)35-14-6-12-33(27-35)31-10-5-11-32(26-31)34-13-7-15-37(28-34)48-50-49(54-30-53-48)44-29-36(24-25-45(44)55-50)39-19-9-21-43-41-17-2-4-23-47(41)57-52(39)43/h1-30H. The molecule has 8 aromatic carbocycles. The molecule has 0 fully saturated rings. The van der Waals surface area contributed by atoms with E-state index in [2.05, 4.69) is 176 Å². The molecule has 0 atom stereocenters. The third-order valence-electron chi connectivity index (χ3n) is 11.2. The minimum atomic E-state index is 0.695. The van der Waals surface area contributed by atoms with Crippen molar-refractivity contribution in [2.24, 2.45) is 0 Å². The lowest BCUT2D eigenvalue weighted by molar-refractivity contribution is 0.667. The first-order chi connectivity index (χ1) is 28.2. The SMILES string of the molecule is c1cc(-c2cccc(-c3ncnc4c3oc3ccc(-c5cccc6c5sc5ccccc56)cc34)c2)cc(-c2cccc(-c3cccc4c3sc3ccccc34)c2)c1. The van der Waals surface area contributed by atoms with Gasteiger partial charge in [-0.25, -0.2) is 9.97 Å². The molecule has 0 saturated carbocycles. The molecule has 0 aliphatic rings. The van der Waals surface area contributed by atoms with Crippen LogP contribution >= 0.6 is 22.7 Å². The fraction of sp³-hybridized carbons (Fsp3) is 0. The van der Waals surface area contributed by atoms with Crippen LogP contribution in [0.5, 0.6) is 0 Å². The first-order valence-electron chi connectivity index (χ1n) is 19.0. The van der Waals surface area contributed by atoms with E-state index in [1.807, 2.05) is 22.7 Å². The minimum Gasteiger partial charge on any atom is -0.452 e. The Bertz CT molecular complexity index is 3550. The van der Waals surface area contributed by atoms with E-state index in [0.29, 0.717) is 5.58 Å². The highest BCUT2D eigenvalue weighted by molar-refractivity contribution is 7.26. The smallest absolute Gasteiger partial charge is 0.180 e. The molecule has 12 rings (SSSR count). The molecule has 266 valence electrons. The van der Waals surface area contributed by atoms with Crippen molar-refractivity contribution in [1.82, 2.24) is 9.97 Å². The first-order valence-corrected chi connectivity index (χ1v) is 20.7. The van der Waals surface area contributed by atoms with E-state index in [1.54, 1.807) is 6.33 Å². The summed E-state index contributed by atoms with van der Waals surface area (Å²) in [5, 5.41) is 6.20. The number of furan rings is 1. The van der Waals surface area contributed by atoms with E-state index in [1.165, 1.54) is 68.2 Å². The highest BCUT2D eigenvalue weighted by atomic mass is 32.1. The third kappa shape index (κ3) is 5.24. The lowest BCUT2D eigenvalue weighted by atomic mass is 9.95. The van der Waals surface area contributed by atoms with E-state index < -0.39 is 0 Å². The number of rotatable bonds is 5. The van der Waals surface area contributed by atoms with Crippen LogP contribution in [-0.4, -0.2) is 9.97 Å². The van der Waals surface area contributed by atoms with Gasteiger partial charge in [-0.1, -0.05) is 133 Å². The van der Waals surface area contributed by atoms with Gasteiger partial charge in [0, 0.05) is 51.3 Å². The number of benzene rings is 8. The fourth-order valence-electron chi connectivity index (χ4n) is 8.49. The van der Waals surface area contributed by atoms with Gasteiger partial charge in [0.15, 0.2) is 5.58 Å². The predicted molar refractivity (Wildman–Crippen MR) is 242 cm³/mol. The number of hydrogen-bond donors (Lipinski definition) is 0. The Morgan fingerprint density at radius 1 is 0.368 bits per heavy atom. The van der Waals surface area contributed by atoms with E-state index in [-0.39, 0.29) is 0 Å². The average Bonchev–Trinajstić information content (AvgIpc) is 3.98. The second-order valence-corrected chi connectivity index (χ2v) is 16.6. The fourth-order valence-corrected chi connectivity index (χ4v) is 11.0. The number of fused-ring (bicyclic) bond motifs is 9. The molecular weight excluding hydrogens is 733 g/mol. The third-order valence-corrected chi connectivity index (χ3v) is 13.6. The van der Waals surface area contributed by atoms with Crippen molar-refractivity contribution >= 4 is 85.1 Å². The summed E-state index contributed by atoms with van der Waals surface area (Å²) in [6.07, 6.45) is 1.66. The van der Waals surface area contributed by atoms with Gasteiger partial charge in [-0.15, -0.1) is 22.7 Å². The molecule has 4 heterocycles. The van der Waals surface area contributed by atoms with Crippen molar-refractivity contribution in [3.8, 4) is 55.8 Å². The van der Waals surface area contributed by atoms with Crippen LogP contribution in [0.1, 0.15) is 0 Å². The normalized spacial score (nSPS) is 11.9. The summed E-state index contributed by atoms with van der Waals surface area (Å²) in [4.78, 5) is 9.56. The van der Waals surface area contributed by atoms with Crippen LogP contribution in [0.4, 0.5) is 0 Å². The molecule has 0 spiro atoms. The Morgan fingerprint density at radius 3 is 1.49 bits per heavy atom. The molecule has 0 aliphatic carbocycles. The molecule has 3 nitrogen and oxygen atoms in total. The maximum atomic E-state index is 6.56.